The van der Waals surface area contributed by atoms with Crippen LogP contribution in [0.1, 0.15) is 44.6 Å². The molecule has 1 aromatic carbocycles. The van der Waals surface area contributed by atoms with E-state index in [4.69, 9.17) is 4.74 Å². The van der Waals surface area contributed by atoms with E-state index in [1.54, 1.807) is 0 Å². The number of rotatable bonds is 6. The Labute approximate surface area is 124 Å². The second-order valence-electron chi connectivity index (χ2n) is 5.63. The summed E-state index contributed by atoms with van der Waals surface area (Å²) in [6, 6.07) is 3.95. The lowest BCUT2D eigenvalue weighted by Gasteiger charge is -2.29. The zero-order chi connectivity index (χ0) is 15.2. The fraction of sp³-hybridized carbons (Fsp3) is 0.588. The second kappa shape index (κ2) is 7.64. The fourth-order valence-corrected chi connectivity index (χ4v) is 3.08. The predicted octanol–water partition coefficient (Wildman–Crippen LogP) is 4.06. The van der Waals surface area contributed by atoms with Gasteiger partial charge in [0.05, 0.1) is 0 Å². The molecular formula is C17H22F2O2. The van der Waals surface area contributed by atoms with Crippen molar-refractivity contribution in [3.8, 4) is 0 Å². The van der Waals surface area contributed by atoms with Crippen LogP contribution in [0.25, 0.3) is 0 Å². The van der Waals surface area contributed by atoms with Gasteiger partial charge in [0.25, 0.3) is 0 Å². The predicted molar refractivity (Wildman–Crippen MR) is 77.1 cm³/mol. The summed E-state index contributed by atoms with van der Waals surface area (Å²) >= 11 is 0. The van der Waals surface area contributed by atoms with Gasteiger partial charge in [-0.1, -0.05) is 31.4 Å². The lowest BCUT2D eigenvalue weighted by molar-refractivity contribution is -0.134. The Morgan fingerprint density at radius 3 is 2.67 bits per heavy atom. The van der Waals surface area contributed by atoms with Crippen LogP contribution < -0.4 is 0 Å². The van der Waals surface area contributed by atoms with Gasteiger partial charge in [-0.25, -0.2) is 8.78 Å². The summed E-state index contributed by atoms with van der Waals surface area (Å²) in [5.74, 6) is -1.77. The molecule has 0 bridgehead atoms. The minimum Gasteiger partial charge on any atom is -0.370 e. The highest BCUT2D eigenvalue weighted by molar-refractivity contribution is 5.85. The van der Waals surface area contributed by atoms with E-state index < -0.39 is 17.7 Å². The molecule has 0 heterocycles. The number of ketones is 1. The van der Waals surface area contributed by atoms with Crippen molar-refractivity contribution in [1.29, 1.82) is 0 Å². The van der Waals surface area contributed by atoms with Crippen LogP contribution in [0.15, 0.2) is 18.2 Å². The van der Waals surface area contributed by atoms with Crippen molar-refractivity contribution in [3.63, 3.8) is 0 Å². The minimum absolute atomic E-state index is 0.106. The molecule has 1 saturated carbocycles. The number of halogens is 2. The van der Waals surface area contributed by atoms with E-state index in [1.165, 1.54) is 18.6 Å². The first kappa shape index (κ1) is 16.1. The van der Waals surface area contributed by atoms with Gasteiger partial charge in [0.15, 0.2) is 17.4 Å². The highest BCUT2D eigenvalue weighted by Gasteiger charge is 2.30. The Morgan fingerprint density at radius 1 is 1.29 bits per heavy atom. The van der Waals surface area contributed by atoms with Crippen LogP contribution in [0.5, 0.6) is 0 Å². The Kier molecular flexibility index (Phi) is 5.85. The van der Waals surface area contributed by atoms with Crippen LogP contribution in [0.2, 0.25) is 0 Å². The molecule has 2 nitrogen and oxygen atoms in total. The first-order chi connectivity index (χ1) is 10.1. The van der Waals surface area contributed by atoms with Crippen LogP contribution in [-0.4, -0.2) is 18.5 Å². The molecule has 0 aromatic heterocycles. The average molecular weight is 296 g/mol. The monoisotopic (exact) mass is 296 g/mol. The van der Waals surface area contributed by atoms with Gasteiger partial charge in [0.1, 0.15) is 6.10 Å². The quantitative estimate of drug-likeness (QED) is 0.791. The first-order valence-corrected chi connectivity index (χ1v) is 7.70. The normalized spacial score (nSPS) is 17.7. The standard InChI is InChI=1S/C17H22F2O2/c1-2-21-17(12-7-4-3-5-8-12)15(20)11-13-9-6-10-14(18)16(13)19/h6,9-10,12,17H,2-5,7-8,11H2,1H3. The molecule has 0 aliphatic heterocycles. The lowest BCUT2D eigenvalue weighted by atomic mass is 9.82. The molecule has 116 valence electrons. The van der Waals surface area contributed by atoms with Crippen LogP contribution in [0, 0.1) is 17.6 Å². The lowest BCUT2D eigenvalue weighted by Crippen LogP contribution is -2.35. The molecule has 1 aliphatic rings. The summed E-state index contributed by atoms with van der Waals surface area (Å²) in [5, 5.41) is 0. The van der Waals surface area contributed by atoms with E-state index in [0.717, 1.165) is 31.7 Å². The maximum Gasteiger partial charge on any atom is 0.166 e. The topological polar surface area (TPSA) is 26.3 Å². The molecule has 1 atom stereocenters. The Morgan fingerprint density at radius 2 is 2.00 bits per heavy atom. The van der Waals surface area contributed by atoms with Crippen molar-refractivity contribution >= 4 is 5.78 Å². The summed E-state index contributed by atoms with van der Waals surface area (Å²) in [5.41, 5.74) is 0.112. The van der Waals surface area contributed by atoms with Gasteiger partial charge in [-0.15, -0.1) is 0 Å². The van der Waals surface area contributed by atoms with Crippen LogP contribution in [0.4, 0.5) is 8.78 Å². The van der Waals surface area contributed by atoms with Crippen LogP contribution >= 0.6 is 0 Å². The largest absolute Gasteiger partial charge is 0.370 e. The molecule has 1 aromatic rings. The second-order valence-corrected chi connectivity index (χ2v) is 5.63. The average Bonchev–Trinajstić information content (AvgIpc) is 2.50. The molecule has 0 radical (unpaired) electrons. The van der Waals surface area contributed by atoms with Crippen molar-refractivity contribution in [2.75, 3.05) is 6.61 Å². The van der Waals surface area contributed by atoms with Gasteiger partial charge in [-0.05, 0) is 37.3 Å². The number of ether oxygens (including phenoxy) is 1. The van der Waals surface area contributed by atoms with Crippen molar-refractivity contribution < 1.29 is 18.3 Å². The highest BCUT2D eigenvalue weighted by Crippen LogP contribution is 2.29. The smallest absolute Gasteiger partial charge is 0.166 e. The van der Waals surface area contributed by atoms with Crippen molar-refractivity contribution in [2.24, 2.45) is 5.92 Å². The van der Waals surface area contributed by atoms with Crippen LogP contribution in [-0.2, 0) is 16.0 Å². The summed E-state index contributed by atoms with van der Waals surface area (Å²) in [4.78, 5) is 12.5. The van der Waals surface area contributed by atoms with E-state index in [2.05, 4.69) is 0 Å². The summed E-state index contributed by atoms with van der Waals surface area (Å²) in [6.07, 6.45) is 4.76. The van der Waals surface area contributed by atoms with Gasteiger partial charge in [0.2, 0.25) is 0 Å². The molecule has 0 amide bonds. The fourth-order valence-electron chi connectivity index (χ4n) is 3.08. The number of carbonyl (C=O) groups is 1. The third kappa shape index (κ3) is 4.10. The maximum atomic E-state index is 13.7. The molecule has 0 saturated heterocycles. The molecule has 1 unspecified atom stereocenters. The van der Waals surface area contributed by atoms with Crippen molar-refractivity contribution in [1.82, 2.24) is 0 Å². The number of benzene rings is 1. The van der Waals surface area contributed by atoms with Crippen LogP contribution in [0.3, 0.4) is 0 Å². The van der Waals surface area contributed by atoms with E-state index >= 15 is 0 Å². The molecule has 21 heavy (non-hydrogen) atoms. The third-order valence-corrected chi connectivity index (χ3v) is 4.14. The molecule has 4 heteroatoms. The zero-order valence-corrected chi connectivity index (χ0v) is 12.4. The van der Waals surface area contributed by atoms with E-state index in [0.29, 0.717) is 6.61 Å². The van der Waals surface area contributed by atoms with E-state index in [1.807, 2.05) is 6.92 Å². The third-order valence-electron chi connectivity index (χ3n) is 4.14. The number of Topliss-reactive ketones (excluding diaryl/α,β-unsaturated/α-hetero) is 1. The minimum atomic E-state index is -0.926. The molecule has 0 spiro atoms. The number of hydrogen-bond donors (Lipinski definition) is 0. The van der Waals surface area contributed by atoms with Crippen molar-refractivity contribution in [2.45, 2.75) is 51.6 Å². The highest BCUT2D eigenvalue weighted by atomic mass is 19.2. The molecule has 2 rings (SSSR count). The Bertz CT molecular complexity index is 482. The SMILES string of the molecule is CCOC(C(=O)Cc1cccc(F)c1F)C1CCCCC1. The molecule has 1 aliphatic carbocycles. The molecule has 0 N–H and O–H groups in total. The van der Waals surface area contributed by atoms with Gasteiger partial charge in [0, 0.05) is 13.0 Å². The van der Waals surface area contributed by atoms with Gasteiger partial charge in [-0.3, -0.25) is 4.79 Å². The van der Waals surface area contributed by atoms with Gasteiger partial charge < -0.3 is 4.74 Å². The summed E-state index contributed by atoms with van der Waals surface area (Å²) in [7, 11) is 0. The summed E-state index contributed by atoms with van der Waals surface area (Å²) < 4.78 is 32.5. The zero-order valence-electron chi connectivity index (χ0n) is 12.4. The molecule has 1 fully saturated rings. The van der Waals surface area contributed by atoms with Gasteiger partial charge in [-0.2, -0.15) is 0 Å². The first-order valence-electron chi connectivity index (χ1n) is 7.70. The van der Waals surface area contributed by atoms with E-state index in [9.17, 15) is 13.6 Å². The Balaban J connectivity index is 2.09. The summed E-state index contributed by atoms with van der Waals surface area (Å²) in [6.45, 7) is 2.31. The number of carbonyl (C=O) groups excluding carboxylic acids is 1. The van der Waals surface area contributed by atoms with E-state index in [-0.39, 0.29) is 23.7 Å². The van der Waals surface area contributed by atoms with Gasteiger partial charge >= 0.3 is 0 Å². The molecular weight excluding hydrogens is 274 g/mol. The van der Waals surface area contributed by atoms with Crippen molar-refractivity contribution in [3.05, 3.63) is 35.4 Å². The Hall–Kier alpha value is -1.29. The number of hydrogen-bond acceptors (Lipinski definition) is 2. The maximum absolute atomic E-state index is 13.7.